The highest BCUT2D eigenvalue weighted by atomic mass is 16.3. The van der Waals surface area contributed by atoms with Crippen LogP contribution in [0.15, 0.2) is 55.3 Å². The molecular formula is C15H19N3O. The van der Waals surface area contributed by atoms with Crippen LogP contribution in [0.5, 0.6) is 0 Å². The lowest BCUT2D eigenvalue weighted by Gasteiger charge is -2.17. The van der Waals surface area contributed by atoms with Crippen LogP contribution in [0.3, 0.4) is 0 Å². The van der Waals surface area contributed by atoms with Crippen LogP contribution in [-0.4, -0.2) is 39.5 Å². The molecule has 0 spiro atoms. The van der Waals surface area contributed by atoms with Crippen LogP contribution in [0, 0.1) is 0 Å². The highest BCUT2D eigenvalue weighted by Crippen LogP contribution is 2.08. The fourth-order valence-corrected chi connectivity index (χ4v) is 1.96. The summed E-state index contributed by atoms with van der Waals surface area (Å²) in [6.07, 6.45) is 3.79. The Balaban J connectivity index is 2.06. The van der Waals surface area contributed by atoms with Gasteiger partial charge in [-0.05, 0) is 18.2 Å². The van der Waals surface area contributed by atoms with E-state index in [0.29, 0.717) is 13.1 Å². The van der Waals surface area contributed by atoms with Crippen LogP contribution in [0.4, 0.5) is 0 Å². The van der Waals surface area contributed by atoms with E-state index in [4.69, 9.17) is 5.11 Å². The van der Waals surface area contributed by atoms with Gasteiger partial charge in [-0.1, -0.05) is 24.3 Å². The summed E-state index contributed by atoms with van der Waals surface area (Å²) >= 11 is 0. The molecule has 0 aliphatic heterocycles. The Hall–Kier alpha value is -1.91. The molecule has 4 nitrogen and oxygen atoms in total. The van der Waals surface area contributed by atoms with Crippen LogP contribution in [0.2, 0.25) is 0 Å². The van der Waals surface area contributed by atoms with Gasteiger partial charge in [0.25, 0.3) is 0 Å². The van der Waals surface area contributed by atoms with Crippen molar-refractivity contribution in [1.29, 1.82) is 0 Å². The van der Waals surface area contributed by atoms with Crippen molar-refractivity contribution in [3.8, 4) is 5.69 Å². The minimum atomic E-state index is 0.146. The Morgan fingerprint density at radius 1 is 1.26 bits per heavy atom. The molecule has 1 aromatic heterocycles. The summed E-state index contributed by atoms with van der Waals surface area (Å²) in [6, 6.07) is 12.0. The minimum absolute atomic E-state index is 0.146. The average Bonchev–Trinajstić information content (AvgIpc) is 2.89. The van der Waals surface area contributed by atoms with Gasteiger partial charge in [0.15, 0.2) is 0 Å². The Kier molecular flexibility index (Phi) is 4.89. The number of aliphatic hydroxyl groups is 1. The maximum absolute atomic E-state index is 9.02. The van der Waals surface area contributed by atoms with E-state index in [1.807, 2.05) is 53.4 Å². The Morgan fingerprint density at radius 3 is 2.74 bits per heavy atom. The molecule has 0 atom stereocenters. The second kappa shape index (κ2) is 6.87. The van der Waals surface area contributed by atoms with E-state index in [2.05, 4.69) is 16.6 Å². The van der Waals surface area contributed by atoms with Crippen molar-refractivity contribution in [2.24, 2.45) is 0 Å². The van der Waals surface area contributed by atoms with Crippen LogP contribution in [0.25, 0.3) is 5.69 Å². The molecule has 0 fully saturated rings. The molecule has 0 bridgehead atoms. The van der Waals surface area contributed by atoms with Gasteiger partial charge < -0.3 is 5.11 Å². The quantitative estimate of drug-likeness (QED) is 0.770. The lowest BCUT2D eigenvalue weighted by molar-refractivity contribution is 0.202. The predicted octanol–water partition coefficient (Wildman–Crippen LogP) is 1.85. The average molecular weight is 257 g/mol. The monoisotopic (exact) mass is 257 g/mol. The summed E-state index contributed by atoms with van der Waals surface area (Å²) in [5, 5.41) is 13.6. The number of para-hydroxylation sites is 1. The molecule has 1 aromatic carbocycles. The Labute approximate surface area is 113 Å². The van der Waals surface area contributed by atoms with Crippen LogP contribution >= 0.6 is 0 Å². The Bertz CT molecular complexity index is 507. The molecule has 1 heterocycles. The molecule has 0 saturated heterocycles. The molecule has 2 aromatic rings. The van der Waals surface area contributed by atoms with Gasteiger partial charge in [-0.2, -0.15) is 5.10 Å². The summed E-state index contributed by atoms with van der Waals surface area (Å²) in [4.78, 5) is 2.10. The van der Waals surface area contributed by atoms with Gasteiger partial charge in [-0.15, -0.1) is 6.58 Å². The zero-order chi connectivity index (χ0) is 13.5. The third-order valence-electron chi connectivity index (χ3n) is 2.85. The van der Waals surface area contributed by atoms with Gasteiger partial charge in [0, 0.05) is 25.8 Å². The molecule has 0 aliphatic carbocycles. The number of aliphatic hydroxyl groups excluding tert-OH is 1. The second-order valence-corrected chi connectivity index (χ2v) is 4.33. The number of nitrogens with zero attached hydrogens (tertiary/aromatic N) is 3. The van der Waals surface area contributed by atoms with Crippen molar-refractivity contribution in [1.82, 2.24) is 14.7 Å². The largest absolute Gasteiger partial charge is 0.395 e. The standard InChI is InChI=1S/C15H19N3O/c1-2-9-17(11-12-19)13-14-8-10-18(16-14)15-6-4-3-5-7-15/h2-8,10,19H,1,9,11-13H2. The number of hydrogen-bond acceptors (Lipinski definition) is 3. The fraction of sp³-hybridized carbons (Fsp3) is 0.267. The summed E-state index contributed by atoms with van der Waals surface area (Å²) in [6.45, 7) is 5.97. The number of aromatic nitrogens is 2. The van der Waals surface area contributed by atoms with Gasteiger partial charge in [-0.3, -0.25) is 4.90 Å². The molecular weight excluding hydrogens is 238 g/mol. The van der Waals surface area contributed by atoms with Crippen molar-refractivity contribution >= 4 is 0 Å². The second-order valence-electron chi connectivity index (χ2n) is 4.33. The number of benzene rings is 1. The highest BCUT2D eigenvalue weighted by molar-refractivity contribution is 5.30. The Morgan fingerprint density at radius 2 is 2.05 bits per heavy atom. The summed E-state index contributed by atoms with van der Waals surface area (Å²) < 4.78 is 1.86. The zero-order valence-corrected chi connectivity index (χ0v) is 10.9. The lowest BCUT2D eigenvalue weighted by atomic mass is 10.3. The van der Waals surface area contributed by atoms with E-state index in [9.17, 15) is 0 Å². The van der Waals surface area contributed by atoms with E-state index >= 15 is 0 Å². The summed E-state index contributed by atoms with van der Waals surface area (Å²) in [7, 11) is 0. The molecule has 1 N–H and O–H groups in total. The third kappa shape index (κ3) is 3.77. The smallest absolute Gasteiger partial charge is 0.0769 e. The number of rotatable bonds is 7. The molecule has 2 rings (SSSR count). The van der Waals surface area contributed by atoms with Crippen molar-refractivity contribution in [2.75, 3.05) is 19.7 Å². The molecule has 4 heteroatoms. The van der Waals surface area contributed by atoms with Crippen molar-refractivity contribution < 1.29 is 5.11 Å². The normalized spacial score (nSPS) is 10.8. The SMILES string of the molecule is C=CCN(CCO)Cc1ccn(-c2ccccc2)n1. The maximum atomic E-state index is 9.02. The van der Waals surface area contributed by atoms with Crippen molar-refractivity contribution in [3.05, 3.63) is 60.9 Å². The van der Waals surface area contributed by atoms with Gasteiger partial charge in [0.1, 0.15) is 0 Å². The molecule has 0 aliphatic rings. The third-order valence-corrected chi connectivity index (χ3v) is 2.85. The summed E-state index contributed by atoms with van der Waals surface area (Å²) in [5.41, 5.74) is 2.03. The first-order valence-corrected chi connectivity index (χ1v) is 6.37. The fourth-order valence-electron chi connectivity index (χ4n) is 1.96. The molecule has 0 amide bonds. The zero-order valence-electron chi connectivity index (χ0n) is 10.9. The lowest BCUT2D eigenvalue weighted by Crippen LogP contribution is -2.26. The molecule has 0 saturated carbocycles. The van der Waals surface area contributed by atoms with Crippen LogP contribution < -0.4 is 0 Å². The van der Waals surface area contributed by atoms with E-state index in [1.165, 1.54) is 0 Å². The number of hydrogen-bond donors (Lipinski definition) is 1. The summed E-state index contributed by atoms with van der Waals surface area (Å²) in [5.74, 6) is 0. The van der Waals surface area contributed by atoms with Gasteiger partial charge in [0.05, 0.1) is 18.0 Å². The minimum Gasteiger partial charge on any atom is -0.395 e. The van der Waals surface area contributed by atoms with Gasteiger partial charge in [0.2, 0.25) is 0 Å². The van der Waals surface area contributed by atoms with E-state index in [-0.39, 0.29) is 6.61 Å². The highest BCUT2D eigenvalue weighted by Gasteiger charge is 2.06. The first-order chi connectivity index (χ1) is 9.33. The first-order valence-electron chi connectivity index (χ1n) is 6.37. The van der Waals surface area contributed by atoms with Crippen LogP contribution in [-0.2, 0) is 6.54 Å². The molecule has 19 heavy (non-hydrogen) atoms. The van der Waals surface area contributed by atoms with Crippen molar-refractivity contribution in [2.45, 2.75) is 6.54 Å². The maximum Gasteiger partial charge on any atom is 0.0769 e. The van der Waals surface area contributed by atoms with Gasteiger partial charge >= 0.3 is 0 Å². The van der Waals surface area contributed by atoms with E-state index in [0.717, 1.165) is 17.9 Å². The molecule has 0 unspecified atom stereocenters. The first kappa shape index (κ1) is 13.5. The predicted molar refractivity (Wildman–Crippen MR) is 76.1 cm³/mol. The van der Waals surface area contributed by atoms with Crippen molar-refractivity contribution in [3.63, 3.8) is 0 Å². The van der Waals surface area contributed by atoms with E-state index < -0.39 is 0 Å². The molecule has 100 valence electrons. The van der Waals surface area contributed by atoms with Gasteiger partial charge in [-0.25, -0.2) is 4.68 Å². The van der Waals surface area contributed by atoms with E-state index in [1.54, 1.807) is 0 Å². The molecule has 0 radical (unpaired) electrons. The van der Waals surface area contributed by atoms with Crippen LogP contribution in [0.1, 0.15) is 5.69 Å². The topological polar surface area (TPSA) is 41.3 Å².